The molecular weight excluding hydrogens is 669 g/mol. The second kappa shape index (κ2) is 20.2. The van der Waals surface area contributed by atoms with E-state index in [1.165, 1.54) is 26.4 Å². The Bertz CT molecular complexity index is 1460. The number of hydrogen-bond acceptors (Lipinski definition) is 9. The second-order valence-corrected chi connectivity index (χ2v) is 14.1. The minimum absolute atomic E-state index is 0.00333. The Morgan fingerprint density at radius 3 is 2.27 bits per heavy atom. The first kappa shape index (κ1) is 42.3. The van der Waals surface area contributed by atoms with E-state index in [2.05, 4.69) is 15.6 Å². The van der Waals surface area contributed by atoms with E-state index in [4.69, 9.17) is 14.2 Å². The highest BCUT2D eigenvalue weighted by Crippen LogP contribution is 2.30. The number of nitrogens with zero attached hydrogens (tertiary/aromatic N) is 3. The number of rotatable bonds is 19. The molecule has 8 atom stereocenters. The molecule has 0 spiro atoms. The maximum atomic E-state index is 14.1. The van der Waals surface area contributed by atoms with Crippen molar-refractivity contribution in [1.82, 2.24) is 20.1 Å². The van der Waals surface area contributed by atoms with Crippen LogP contribution in [0.5, 0.6) is 0 Å². The lowest BCUT2D eigenvalue weighted by molar-refractivity contribution is -0.148. The number of carbonyl (C=O) groups excluding carboxylic acids is 4. The molecule has 0 bridgehead atoms. The third kappa shape index (κ3) is 11.0. The first-order valence-electron chi connectivity index (χ1n) is 18.2. The van der Waals surface area contributed by atoms with Crippen molar-refractivity contribution < 1.29 is 37.8 Å². The topological polar surface area (TPSA) is 139 Å². The van der Waals surface area contributed by atoms with Crippen LogP contribution in [0.15, 0.2) is 48.5 Å². The van der Waals surface area contributed by atoms with Crippen molar-refractivity contribution in [2.24, 2.45) is 17.8 Å². The summed E-state index contributed by atoms with van der Waals surface area (Å²) in [6, 6.07) is 11.3. The highest BCUT2D eigenvalue weighted by molar-refractivity contribution is 5.87. The molecule has 1 aliphatic heterocycles. The number of benzene rings is 1. The molecule has 52 heavy (non-hydrogen) atoms. The molecule has 0 saturated carbocycles. The molecule has 0 aliphatic carbocycles. The Morgan fingerprint density at radius 1 is 1.00 bits per heavy atom. The highest BCUT2D eigenvalue weighted by Gasteiger charge is 2.43. The van der Waals surface area contributed by atoms with Crippen molar-refractivity contribution in [3.8, 4) is 0 Å². The summed E-state index contributed by atoms with van der Waals surface area (Å²) in [6.45, 7) is 10.1. The number of anilines is 1. The number of halogens is 1. The highest BCUT2D eigenvalue weighted by atomic mass is 19.1. The van der Waals surface area contributed by atoms with E-state index in [0.717, 1.165) is 18.4 Å². The van der Waals surface area contributed by atoms with Gasteiger partial charge in [-0.2, -0.15) is 4.39 Å². The average Bonchev–Trinajstić information content (AvgIpc) is 3.62. The minimum atomic E-state index is -0.892. The van der Waals surface area contributed by atoms with Gasteiger partial charge in [-0.1, -0.05) is 77.4 Å². The number of carbonyl (C=O) groups is 4. The largest absolute Gasteiger partial charge is 0.467 e. The first-order valence-corrected chi connectivity index (χ1v) is 18.2. The molecular formula is C39H58FN5O7. The van der Waals surface area contributed by atoms with Crippen molar-refractivity contribution in [1.29, 1.82) is 0 Å². The Balaban J connectivity index is 1.78. The number of pyridine rings is 1. The molecule has 1 aliphatic rings. The zero-order valence-corrected chi connectivity index (χ0v) is 32.1. The van der Waals surface area contributed by atoms with E-state index in [0.29, 0.717) is 13.0 Å². The van der Waals surface area contributed by atoms with Crippen molar-refractivity contribution in [2.75, 3.05) is 40.2 Å². The van der Waals surface area contributed by atoms with Gasteiger partial charge in [0.2, 0.25) is 23.7 Å². The number of likely N-dealkylation sites (tertiary alicyclic amines) is 1. The van der Waals surface area contributed by atoms with Gasteiger partial charge in [-0.25, -0.2) is 9.78 Å². The van der Waals surface area contributed by atoms with E-state index in [-0.39, 0.29) is 48.2 Å². The van der Waals surface area contributed by atoms with Crippen molar-refractivity contribution in [3.05, 3.63) is 60.0 Å². The molecule has 0 radical (unpaired) electrons. The summed E-state index contributed by atoms with van der Waals surface area (Å²) in [6.07, 6.45) is 1.06. The molecule has 13 heteroatoms. The SMILES string of the molecule is CC[C@H](C)[C@@H]([C@@H](CC(=O)N1CCC[C@H]1[C@H](OC)[C@@H](C)C(=O)N[C@@H](Cc1ccccc1)C(=O)OC)OC)N(C)C(=O)[C@@H](Nc1cccc(F)n1)C(C)C. The van der Waals surface area contributed by atoms with Gasteiger partial charge >= 0.3 is 5.97 Å². The zero-order valence-electron chi connectivity index (χ0n) is 32.1. The van der Waals surface area contributed by atoms with Gasteiger partial charge in [-0.15, -0.1) is 0 Å². The maximum Gasteiger partial charge on any atom is 0.328 e. The van der Waals surface area contributed by atoms with Gasteiger partial charge < -0.3 is 34.6 Å². The van der Waals surface area contributed by atoms with Gasteiger partial charge in [-0.3, -0.25) is 14.4 Å². The fraction of sp³-hybridized carbons (Fsp3) is 0.615. The Morgan fingerprint density at radius 2 is 1.69 bits per heavy atom. The summed E-state index contributed by atoms with van der Waals surface area (Å²) in [7, 11) is 6.06. The van der Waals surface area contributed by atoms with E-state index in [9.17, 15) is 23.6 Å². The summed E-state index contributed by atoms with van der Waals surface area (Å²) in [5, 5.41) is 5.95. The summed E-state index contributed by atoms with van der Waals surface area (Å²) >= 11 is 0. The van der Waals surface area contributed by atoms with Crippen LogP contribution in [0.4, 0.5) is 10.2 Å². The molecule has 3 rings (SSSR count). The van der Waals surface area contributed by atoms with Crippen LogP contribution in [0.25, 0.3) is 0 Å². The fourth-order valence-electron chi connectivity index (χ4n) is 7.18. The lowest BCUT2D eigenvalue weighted by Crippen LogP contribution is -2.56. The molecule has 2 N–H and O–H groups in total. The van der Waals surface area contributed by atoms with Crippen LogP contribution in [0.3, 0.4) is 0 Å². The monoisotopic (exact) mass is 727 g/mol. The molecule has 3 amide bonds. The van der Waals surface area contributed by atoms with Crippen molar-refractivity contribution >= 4 is 29.5 Å². The maximum absolute atomic E-state index is 14.1. The smallest absolute Gasteiger partial charge is 0.328 e. The average molecular weight is 728 g/mol. The summed E-state index contributed by atoms with van der Waals surface area (Å²) in [5.74, 6) is -2.61. The van der Waals surface area contributed by atoms with Crippen molar-refractivity contribution in [3.63, 3.8) is 0 Å². The Labute approximate surface area is 308 Å². The summed E-state index contributed by atoms with van der Waals surface area (Å²) in [4.78, 5) is 61.7. The standard InChI is InChI=1S/C39H58FN5O7/c1-10-25(4)35(44(6)38(48)34(24(2)3)43-32-20-14-19-31(40)42-32)30(50-7)23-33(46)45-21-15-18-29(45)36(51-8)26(5)37(47)41-28(39(49)52-9)22-27-16-12-11-13-17-27/h11-14,16-17,19-20,24-26,28-30,34-36H,10,15,18,21-23H2,1-9H3,(H,41,47)(H,42,43)/t25-,26+,28-,29-,30+,34-,35-,36+/m0/s1. The van der Waals surface area contributed by atoms with E-state index in [1.54, 1.807) is 36.9 Å². The van der Waals surface area contributed by atoms with Gasteiger partial charge in [0.25, 0.3) is 0 Å². The number of methoxy groups -OCH3 is 3. The lowest BCUT2D eigenvalue weighted by atomic mass is 9.89. The van der Waals surface area contributed by atoms with Gasteiger partial charge in [-0.05, 0) is 42.4 Å². The zero-order chi connectivity index (χ0) is 38.5. The predicted octanol–water partition coefficient (Wildman–Crippen LogP) is 4.48. The molecule has 1 aromatic carbocycles. The van der Waals surface area contributed by atoms with E-state index < -0.39 is 54.2 Å². The van der Waals surface area contributed by atoms with Crippen LogP contribution in [-0.2, 0) is 39.8 Å². The number of nitrogens with one attached hydrogen (secondary N) is 2. The second-order valence-electron chi connectivity index (χ2n) is 14.1. The van der Waals surface area contributed by atoms with Crippen LogP contribution < -0.4 is 10.6 Å². The quantitative estimate of drug-likeness (QED) is 0.159. The van der Waals surface area contributed by atoms with Gasteiger partial charge in [0.15, 0.2) is 0 Å². The molecule has 1 saturated heterocycles. The van der Waals surface area contributed by atoms with Crippen LogP contribution >= 0.6 is 0 Å². The Hall–Kier alpha value is -4.10. The van der Waals surface area contributed by atoms with Crippen LogP contribution in [-0.4, -0.2) is 110 Å². The van der Waals surface area contributed by atoms with Crippen LogP contribution in [0, 0.1) is 23.7 Å². The number of amides is 3. The van der Waals surface area contributed by atoms with E-state index >= 15 is 0 Å². The number of esters is 1. The van der Waals surface area contributed by atoms with Crippen molar-refractivity contribution in [2.45, 2.75) is 103 Å². The normalized spacial score (nSPS) is 18.4. The molecule has 2 heterocycles. The van der Waals surface area contributed by atoms with Gasteiger partial charge in [0.05, 0.1) is 43.7 Å². The number of likely N-dealkylation sites (N-methyl/N-ethyl adjacent to an activating group) is 1. The molecule has 0 unspecified atom stereocenters. The van der Waals surface area contributed by atoms with Crippen LogP contribution in [0.2, 0.25) is 0 Å². The van der Waals surface area contributed by atoms with Gasteiger partial charge in [0, 0.05) is 34.2 Å². The lowest BCUT2D eigenvalue weighted by Gasteiger charge is -2.41. The molecule has 1 aromatic heterocycles. The molecule has 288 valence electrons. The summed E-state index contributed by atoms with van der Waals surface area (Å²) < 4.78 is 30.7. The third-order valence-corrected chi connectivity index (χ3v) is 10.3. The fourth-order valence-corrected chi connectivity index (χ4v) is 7.18. The predicted molar refractivity (Wildman–Crippen MR) is 197 cm³/mol. The molecule has 1 fully saturated rings. The third-order valence-electron chi connectivity index (χ3n) is 10.3. The number of hydrogen-bond donors (Lipinski definition) is 2. The Kier molecular flexibility index (Phi) is 16.5. The number of aromatic nitrogens is 1. The van der Waals surface area contributed by atoms with Crippen LogP contribution in [0.1, 0.15) is 65.9 Å². The molecule has 2 aromatic rings. The summed E-state index contributed by atoms with van der Waals surface area (Å²) in [5.41, 5.74) is 0.872. The molecule has 12 nitrogen and oxygen atoms in total. The first-order chi connectivity index (χ1) is 24.8. The van der Waals surface area contributed by atoms with E-state index in [1.807, 2.05) is 58.0 Å². The van der Waals surface area contributed by atoms with Gasteiger partial charge in [0.1, 0.15) is 17.9 Å². The number of ether oxygens (including phenoxy) is 3. The minimum Gasteiger partial charge on any atom is -0.467 e.